The van der Waals surface area contributed by atoms with E-state index in [-0.39, 0.29) is 18.6 Å². The van der Waals surface area contributed by atoms with Gasteiger partial charge in [-0.05, 0) is 35.7 Å². The van der Waals surface area contributed by atoms with Crippen LogP contribution in [0.3, 0.4) is 0 Å². The van der Waals surface area contributed by atoms with Crippen LogP contribution in [0.15, 0.2) is 10.7 Å². The Bertz CT molecular complexity index is 377. The van der Waals surface area contributed by atoms with Crippen molar-refractivity contribution in [2.45, 2.75) is 39.3 Å². The lowest BCUT2D eigenvalue weighted by molar-refractivity contribution is -0.0771. The Morgan fingerprint density at radius 1 is 1.47 bits per heavy atom. The fourth-order valence-corrected chi connectivity index (χ4v) is 2.48. The van der Waals surface area contributed by atoms with E-state index in [2.05, 4.69) is 21.0 Å². The molecule has 1 N–H and O–H groups in total. The van der Waals surface area contributed by atoms with Crippen LogP contribution in [-0.2, 0) is 10.3 Å². The number of methoxy groups -OCH3 is 1. The summed E-state index contributed by atoms with van der Waals surface area (Å²) in [4.78, 5) is 0. The van der Waals surface area contributed by atoms with Gasteiger partial charge in [-0.1, -0.05) is 13.8 Å². The van der Waals surface area contributed by atoms with Crippen LogP contribution in [0.2, 0.25) is 0 Å². The van der Waals surface area contributed by atoms with Crippen LogP contribution in [0.25, 0.3) is 0 Å². The molecule has 0 aliphatic carbocycles. The predicted octanol–water partition coefficient (Wildman–Crippen LogP) is 2.72. The molecule has 0 amide bonds. The van der Waals surface area contributed by atoms with Crippen molar-refractivity contribution in [3.05, 3.63) is 16.4 Å². The predicted molar refractivity (Wildman–Crippen MR) is 70.9 cm³/mol. The monoisotopic (exact) mass is 304 g/mol. The molecule has 0 saturated carbocycles. The fraction of sp³-hybridized carbons (Fsp3) is 0.750. The molecule has 4 nitrogen and oxygen atoms in total. The van der Waals surface area contributed by atoms with Crippen LogP contribution in [-0.4, -0.2) is 28.6 Å². The zero-order valence-electron chi connectivity index (χ0n) is 11.1. The van der Waals surface area contributed by atoms with Crippen LogP contribution in [0.1, 0.15) is 39.4 Å². The zero-order chi connectivity index (χ0) is 13.2. The summed E-state index contributed by atoms with van der Waals surface area (Å²) in [6, 6.07) is 0.193. The van der Waals surface area contributed by atoms with E-state index in [0.29, 0.717) is 0 Å². The van der Waals surface area contributed by atoms with Gasteiger partial charge < -0.3 is 9.84 Å². The van der Waals surface area contributed by atoms with Gasteiger partial charge in [0.1, 0.15) is 5.60 Å². The molecular weight excluding hydrogens is 284 g/mol. The maximum absolute atomic E-state index is 10.8. The Morgan fingerprint density at radius 2 is 2.06 bits per heavy atom. The van der Waals surface area contributed by atoms with E-state index in [1.165, 1.54) is 0 Å². The number of halogens is 1. The van der Waals surface area contributed by atoms with Crippen LogP contribution in [0.4, 0.5) is 0 Å². The summed E-state index contributed by atoms with van der Waals surface area (Å²) in [5.41, 5.74) is -0.252. The zero-order valence-corrected chi connectivity index (χ0v) is 12.7. The van der Waals surface area contributed by atoms with Crippen LogP contribution in [0, 0.1) is 5.92 Å². The van der Waals surface area contributed by atoms with E-state index < -0.39 is 5.60 Å². The highest BCUT2D eigenvalue weighted by atomic mass is 79.9. The second-order valence-corrected chi connectivity index (χ2v) is 5.75. The molecule has 0 bridgehead atoms. The maximum Gasteiger partial charge on any atom is 0.133 e. The summed E-state index contributed by atoms with van der Waals surface area (Å²) in [6.45, 7) is 8.28. The van der Waals surface area contributed by atoms with E-state index in [9.17, 15) is 5.11 Å². The molecule has 1 aromatic heterocycles. The first-order chi connectivity index (χ1) is 7.84. The molecule has 1 unspecified atom stereocenters. The molecular formula is C12H21BrN2O2. The number of hydrogen-bond acceptors (Lipinski definition) is 3. The number of aliphatic hydroxyl groups is 1. The highest BCUT2D eigenvalue weighted by Crippen LogP contribution is 2.36. The lowest BCUT2D eigenvalue weighted by atomic mass is 9.87. The van der Waals surface area contributed by atoms with E-state index in [0.717, 1.165) is 10.2 Å². The van der Waals surface area contributed by atoms with Crippen molar-refractivity contribution in [3.8, 4) is 0 Å². The number of nitrogens with zero attached hydrogens (tertiary/aromatic N) is 2. The quantitative estimate of drug-likeness (QED) is 0.910. The van der Waals surface area contributed by atoms with E-state index in [1.807, 2.05) is 32.4 Å². The first-order valence-corrected chi connectivity index (χ1v) is 6.58. The van der Waals surface area contributed by atoms with Gasteiger partial charge in [-0.25, -0.2) is 0 Å². The van der Waals surface area contributed by atoms with Crippen molar-refractivity contribution in [2.75, 3.05) is 13.7 Å². The molecule has 1 rings (SSSR count). The molecule has 0 aromatic carbocycles. The molecule has 0 spiro atoms. The molecule has 0 fully saturated rings. The van der Waals surface area contributed by atoms with Gasteiger partial charge in [0.05, 0.1) is 23.0 Å². The van der Waals surface area contributed by atoms with Crippen molar-refractivity contribution in [3.63, 3.8) is 0 Å². The topological polar surface area (TPSA) is 47.3 Å². The van der Waals surface area contributed by atoms with Crippen molar-refractivity contribution >= 4 is 15.9 Å². The van der Waals surface area contributed by atoms with Crippen LogP contribution < -0.4 is 0 Å². The lowest BCUT2D eigenvalue weighted by Gasteiger charge is -2.33. The third-order valence-corrected chi connectivity index (χ3v) is 3.55. The second-order valence-electron chi connectivity index (χ2n) is 4.89. The van der Waals surface area contributed by atoms with Gasteiger partial charge in [-0.3, -0.25) is 4.68 Å². The van der Waals surface area contributed by atoms with Crippen molar-refractivity contribution < 1.29 is 9.84 Å². The molecule has 98 valence electrons. The van der Waals surface area contributed by atoms with Gasteiger partial charge in [-0.2, -0.15) is 5.10 Å². The van der Waals surface area contributed by atoms with Gasteiger partial charge in [0.15, 0.2) is 0 Å². The van der Waals surface area contributed by atoms with E-state index >= 15 is 0 Å². The van der Waals surface area contributed by atoms with Crippen molar-refractivity contribution in [1.82, 2.24) is 9.78 Å². The molecule has 0 radical (unpaired) electrons. The normalized spacial score (nSPS) is 15.6. The minimum atomic E-state index is -1.03. The SMILES string of the molecule is COCC(O)(c1c(Br)cnn1C(C)C)C(C)C. The number of rotatable bonds is 5. The van der Waals surface area contributed by atoms with Gasteiger partial charge >= 0.3 is 0 Å². The largest absolute Gasteiger partial charge is 0.381 e. The molecule has 1 heterocycles. The second kappa shape index (κ2) is 5.50. The highest BCUT2D eigenvalue weighted by molar-refractivity contribution is 9.10. The van der Waals surface area contributed by atoms with Gasteiger partial charge in [0, 0.05) is 13.2 Å². The lowest BCUT2D eigenvalue weighted by Crippen LogP contribution is -2.39. The minimum Gasteiger partial charge on any atom is -0.381 e. The minimum absolute atomic E-state index is 0.0351. The van der Waals surface area contributed by atoms with Gasteiger partial charge in [0.25, 0.3) is 0 Å². The van der Waals surface area contributed by atoms with E-state index in [4.69, 9.17) is 4.74 Å². The number of ether oxygens (including phenoxy) is 1. The molecule has 1 atom stereocenters. The molecule has 1 aromatic rings. The van der Waals surface area contributed by atoms with Gasteiger partial charge in [-0.15, -0.1) is 0 Å². The first kappa shape index (κ1) is 14.7. The summed E-state index contributed by atoms with van der Waals surface area (Å²) >= 11 is 3.46. The summed E-state index contributed by atoms with van der Waals surface area (Å²) < 4.78 is 7.83. The summed E-state index contributed by atoms with van der Waals surface area (Å²) in [5.74, 6) is 0.0351. The molecule has 0 saturated heterocycles. The third-order valence-electron chi connectivity index (χ3n) is 2.97. The third kappa shape index (κ3) is 2.72. The van der Waals surface area contributed by atoms with Crippen LogP contribution in [0.5, 0.6) is 0 Å². The van der Waals surface area contributed by atoms with Crippen LogP contribution >= 0.6 is 15.9 Å². The average Bonchev–Trinajstić information content (AvgIpc) is 2.60. The Labute approximate surface area is 111 Å². The first-order valence-electron chi connectivity index (χ1n) is 5.79. The average molecular weight is 305 g/mol. The highest BCUT2D eigenvalue weighted by Gasteiger charge is 2.38. The smallest absolute Gasteiger partial charge is 0.133 e. The van der Waals surface area contributed by atoms with Crippen molar-refractivity contribution in [1.29, 1.82) is 0 Å². The molecule has 0 aliphatic rings. The van der Waals surface area contributed by atoms with Crippen molar-refractivity contribution in [2.24, 2.45) is 5.92 Å². The van der Waals surface area contributed by atoms with E-state index in [1.54, 1.807) is 13.3 Å². The number of hydrogen-bond donors (Lipinski definition) is 1. The Balaban J connectivity index is 3.32. The Hall–Kier alpha value is -0.390. The molecule has 17 heavy (non-hydrogen) atoms. The number of aromatic nitrogens is 2. The summed E-state index contributed by atoms with van der Waals surface area (Å²) in [6.07, 6.45) is 1.72. The Morgan fingerprint density at radius 3 is 2.47 bits per heavy atom. The fourth-order valence-electron chi connectivity index (χ4n) is 1.87. The molecule has 0 aliphatic heterocycles. The van der Waals surface area contributed by atoms with Gasteiger partial charge in [0.2, 0.25) is 0 Å². The summed E-state index contributed by atoms with van der Waals surface area (Å²) in [7, 11) is 1.59. The Kier molecular flexibility index (Phi) is 4.75. The maximum atomic E-state index is 10.8. The molecule has 5 heteroatoms. The standard InChI is InChI=1S/C12H21BrN2O2/c1-8(2)12(16,7-17-5)11-10(13)6-14-15(11)9(3)4/h6,8-9,16H,7H2,1-5H3. The summed E-state index contributed by atoms with van der Waals surface area (Å²) in [5, 5.41) is 15.1.